The van der Waals surface area contributed by atoms with Crippen molar-refractivity contribution in [1.82, 2.24) is 0 Å². The van der Waals surface area contributed by atoms with Crippen molar-refractivity contribution in [1.29, 1.82) is 0 Å². The molecule has 2 aromatic carbocycles. The molecule has 84 valence electrons. The lowest BCUT2D eigenvalue weighted by atomic mass is 9.96. The van der Waals surface area contributed by atoms with Gasteiger partial charge >= 0.3 is 0 Å². The lowest BCUT2D eigenvalue weighted by molar-refractivity contribution is 0.238. The van der Waals surface area contributed by atoms with E-state index in [1.165, 1.54) is 0 Å². The Hall–Kier alpha value is -2.08. The van der Waals surface area contributed by atoms with Crippen molar-refractivity contribution < 1.29 is 5.11 Å². The van der Waals surface area contributed by atoms with Crippen molar-refractivity contribution >= 4 is 5.57 Å². The highest BCUT2D eigenvalue weighted by molar-refractivity contribution is 5.69. The first-order valence-corrected chi connectivity index (χ1v) is 5.51. The predicted molar refractivity (Wildman–Crippen MR) is 70.4 cm³/mol. The Morgan fingerprint density at radius 2 is 1.47 bits per heavy atom. The summed E-state index contributed by atoms with van der Waals surface area (Å²) in [6, 6.07) is 19.2. The second-order valence-corrected chi connectivity index (χ2v) is 3.77. The van der Waals surface area contributed by atoms with Crippen molar-refractivity contribution in [3.05, 3.63) is 84.1 Å². The number of aliphatic hydroxyl groups is 1. The molecule has 0 aliphatic rings. The molecule has 0 bridgehead atoms. The van der Waals surface area contributed by atoms with Gasteiger partial charge in [0.05, 0.1) is 0 Å². The average Bonchev–Trinajstić information content (AvgIpc) is 2.42. The molecule has 0 radical (unpaired) electrons. The number of hydrogen-bond donors (Lipinski definition) is 1. The van der Waals surface area contributed by atoms with Gasteiger partial charge in [-0.1, -0.05) is 67.2 Å². The normalized spacial score (nSPS) is 11.6. The zero-order chi connectivity index (χ0) is 12.1. The summed E-state index contributed by atoms with van der Waals surface area (Å²) < 4.78 is 0. The molecule has 2 aromatic rings. The van der Waals surface area contributed by atoms with Gasteiger partial charge in [0.1, 0.15) is 6.10 Å². The first kappa shape index (κ1) is 11.4. The Kier molecular flexibility index (Phi) is 3.56. The van der Waals surface area contributed by atoms with Crippen molar-refractivity contribution in [3.63, 3.8) is 0 Å². The van der Waals surface area contributed by atoms with E-state index in [1.54, 1.807) is 0 Å². The fourth-order valence-electron chi connectivity index (χ4n) is 1.78. The van der Waals surface area contributed by atoms with Crippen LogP contribution in [0.2, 0.25) is 0 Å². The number of rotatable bonds is 3. The summed E-state index contributed by atoms with van der Waals surface area (Å²) in [6.45, 7) is 3.66. The SMILES string of the molecule is C=C=C(c1ccccc1)[C@H](O)c1ccccc1. The van der Waals surface area contributed by atoms with E-state index in [-0.39, 0.29) is 0 Å². The van der Waals surface area contributed by atoms with Crippen LogP contribution in [0.15, 0.2) is 73.0 Å². The molecule has 0 aliphatic heterocycles. The molecule has 1 nitrogen and oxygen atoms in total. The largest absolute Gasteiger partial charge is 0.383 e. The van der Waals surface area contributed by atoms with Crippen LogP contribution in [0.25, 0.3) is 5.57 Å². The van der Waals surface area contributed by atoms with Gasteiger partial charge in [-0.05, 0) is 11.1 Å². The Morgan fingerprint density at radius 1 is 0.941 bits per heavy atom. The molecule has 0 heterocycles. The summed E-state index contributed by atoms with van der Waals surface area (Å²) >= 11 is 0. The molecule has 0 saturated heterocycles. The van der Waals surface area contributed by atoms with E-state index in [4.69, 9.17) is 0 Å². The van der Waals surface area contributed by atoms with E-state index >= 15 is 0 Å². The number of benzene rings is 2. The first-order chi connectivity index (χ1) is 8.33. The molecule has 0 amide bonds. The summed E-state index contributed by atoms with van der Waals surface area (Å²) in [5.41, 5.74) is 5.33. The second kappa shape index (κ2) is 5.31. The topological polar surface area (TPSA) is 20.2 Å². The van der Waals surface area contributed by atoms with Crippen LogP contribution in [0.5, 0.6) is 0 Å². The zero-order valence-corrected chi connectivity index (χ0v) is 9.51. The zero-order valence-electron chi connectivity index (χ0n) is 9.51. The van der Waals surface area contributed by atoms with Gasteiger partial charge < -0.3 is 5.11 Å². The minimum Gasteiger partial charge on any atom is -0.383 e. The summed E-state index contributed by atoms with van der Waals surface area (Å²) in [5.74, 6) is 0. The highest BCUT2D eigenvalue weighted by atomic mass is 16.3. The van der Waals surface area contributed by atoms with E-state index in [0.717, 1.165) is 11.1 Å². The lowest BCUT2D eigenvalue weighted by Crippen LogP contribution is -1.99. The van der Waals surface area contributed by atoms with Crippen LogP contribution in [0.4, 0.5) is 0 Å². The fraction of sp³-hybridized carbons (Fsp3) is 0.0625. The van der Waals surface area contributed by atoms with Gasteiger partial charge in [-0.2, -0.15) is 0 Å². The van der Waals surface area contributed by atoms with E-state index in [1.807, 2.05) is 60.7 Å². The molecule has 0 unspecified atom stereocenters. The van der Waals surface area contributed by atoms with Crippen LogP contribution in [-0.2, 0) is 0 Å². The van der Waals surface area contributed by atoms with Crippen LogP contribution in [0.1, 0.15) is 17.2 Å². The smallest absolute Gasteiger partial charge is 0.112 e. The van der Waals surface area contributed by atoms with Gasteiger partial charge in [0.2, 0.25) is 0 Å². The monoisotopic (exact) mass is 222 g/mol. The minimum atomic E-state index is -0.684. The molecule has 1 atom stereocenters. The van der Waals surface area contributed by atoms with Crippen LogP contribution in [0, 0.1) is 0 Å². The van der Waals surface area contributed by atoms with Crippen LogP contribution in [-0.4, -0.2) is 5.11 Å². The summed E-state index contributed by atoms with van der Waals surface area (Å²) in [4.78, 5) is 0. The molecule has 2 rings (SSSR count). The highest BCUT2D eigenvalue weighted by Gasteiger charge is 2.13. The van der Waals surface area contributed by atoms with Gasteiger partial charge in [0, 0.05) is 5.57 Å². The molecule has 0 saturated carbocycles. The van der Waals surface area contributed by atoms with Crippen molar-refractivity contribution in [3.8, 4) is 0 Å². The van der Waals surface area contributed by atoms with E-state index in [0.29, 0.717) is 5.57 Å². The Morgan fingerprint density at radius 3 is 2.00 bits per heavy atom. The maximum Gasteiger partial charge on any atom is 0.112 e. The van der Waals surface area contributed by atoms with Gasteiger partial charge in [0.25, 0.3) is 0 Å². The van der Waals surface area contributed by atoms with E-state index < -0.39 is 6.10 Å². The van der Waals surface area contributed by atoms with Gasteiger partial charge in [-0.15, -0.1) is 5.73 Å². The number of aliphatic hydroxyl groups excluding tert-OH is 1. The van der Waals surface area contributed by atoms with Crippen LogP contribution < -0.4 is 0 Å². The van der Waals surface area contributed by atoms with Gasteiger partial charge in [-0.3, -0.25) is 0 Å². The second-order valence-electron chi connectivity index (χ2n) is 3.77. The minimum absolute atomic E-state index is 0.684. The Bertz CT molecular complexity index is 522. The predicted octanol–water partition coefficient (Wildman–Crippen LogP) is 3.59. The molecule has 17 heavy (non-hydrogen) atoms. The maximum absolute atomic E-state index is 10.3. The molecular formula is C16H14O. The van der Waals surface area contributed by atoms with Gasteiger partial charge in [0.15, 0.2) is 0 Å². The maximum atomic E-state index is 10.3. The highest BCUT2D eigenvalue weighted by Crippen LogP contribution is 2.28. The molecular weight excluding hydrogens is 208 g/mol. The molecule has 0 spiro atoms. The van der Waals surface area contributed by atoms with E-state index in [9.17, 15) is 5.11 Å². The molecule has 0 fully saturated rings. The van der Waals surface area contributed by atoms with Crippen LogP contribution >= 0.6 is 0 Å². The number of hydrogen-bond acceptors (Lipinski definition) is 1. The van der Waals surface area contributed by atoms with Gasteiger partial charge in [-0.25, -0.2) is 0 Å². The summed E-state index contributed by atoms with van der Waals surface area (Å²) in [5, 5.41) is 10.3. The molecule has 1 N–H and O–H groups in total. The lowest BCUT2D eigenvalue weighted by Gasteiger charge is -2.13. The molecule has 1 heteroatoms. The summed E-state index contributed by atoms with van der Waals surface area (Å²) in [7, 11) is 0. The average molecular weight is 222 g/mol. The van der Waals surface area contributed by atoms with Crippen molar-refractivity contribution in [2.75, 3.05) is 0 Å². The standard InChI is InChI=1S/C16H14O/c1-2-15(13-9-5-3-6-10-13)16(17)14-11-7-4-8-12-14/h3-12,16-17H,1H2/t16-/m1/s1. The third kappa shape index (κ3) is 2.54. The Labute approximate surface area is 101 Å². The third-order valence-electron chi connectivity index (χ3n) is 2.66. The quantitative estimate of drug-likeness (QED) is 0.787. The van der Waals surface area contributed by atoms with Crippen molar-refractivity contribution in [2.45, 2.75) is 6.10 Å². The Balaban J connectivity index is 2.36. The first-order valence-electron chi connectivity index (χ1n) is 5.51. The fourth-order valence-corrected chi connectivity index (χ4v) is 1.78. The van der Waals surface area contributed by atoms with E-state index in [2.05, 4.69) is 12.3 Å². The third-order valence-corrected chi connectivity index (χ3v) is 2.66. The molecule has 0 aromatic heterocycles. The molecule has 0 aliphatic carbocycles. The summed E-state index contributed by atoms with van der Waals surface area (Å²) in [6.07, 6.45) is -0.684. The van der Waals surface area contributed by atoms with Crippen molar-refractivity contribution in [2.24, 2.45) is 0 Å². The van der Waals surface area contributed by atoms with Crippen LogP contribution in [0.3, 0.4) is 0 Å².